The van der Waals surface area contributed by atoms with Crippen molar-refractivity contribution in [3.8, 4) is 0 Å². The van der Waals surface area contributed by atoms with Crippen molar-refractivity contribution in [2.75, 3.05) is 12.4 Å². The smallest absolute Gasteiger partial charge is 0.226 e. The van der Waals surface area contributed by atoms with Gasteiger partial charge in [-0.25, -0.2) is 0 Å². The maximum absolute atomic E-state index is 12.1. The Labute approximate surface area is 125 Å². The summed E-state index contributed by atoms with van der Waals surface area (Å²) < 4.78 is 0. The molecule has 2 amide bonds. The molecule has 1 aromatic carbocycles. The van der Waals surface area contributed by atoms with Crippen LogP contribution in [0.5, 0.6) is 0 Å². The summed E-state index contributed by atoms with van der Waals surface area (Å²) in [4.78, 5) is 25.1. The van der Waals surface area contributed by atoms with Gasteiger partial charge in [0.2, 0.25) is 11.8 Å². The van der Waals surface area contributed by atoms with Crippen LogP contribution in [0, 0.1) is 0 Å². The molecule has 114 valence electrons. The van der Waals surface area contributed by atoms with Crippen molar-refractivity contribution < 1.29 is 9.59 Å². The molecule has 1 fully saturated rings. The van der Waals surface area contributed by atoms with Crippen molar-refractivity contribution in [3.05, 3.63) is 29.8 Å². The third kappa shape index (κ3) is 4.04. The van der Waals surface area contributed by atoms with Crippen molar-refractivity contribution >= 4 is 17.5 Å². The fourth-order valence-electron chi connectivity index (χ4n) is 2.47. The first-order valence-electron chi connectivity index (χ1n) is 7.28. The molecule has 0 heterocycles. The first-order chi connectivity index (χ1) is 9.89. The Balaban J connectivity index is 2.02. The summed E-state index contributed by atoms with van der Waals surface area (Å²) in [6, 6.07) is 7.53. The zero-order valence-corrected chi connectivity index (χ0v) is 12.7. The molecule has 0 radical (unpaired) electrons. The maximum Gasteiger partial charge on any atom is 0.226 e. The van der Waals surface area contributed by atoms with Gasteiger partial charge in [-0.1, -0.05) is 18.2 Å². The molecule has 5 heteroatoms. The van der Waals surface area contributed by atoms with Crippen molar-refractivity contribution in [3.63, 3.8) is 0 Å². The van der Waals surface area contributed by atoms with Crippen LogP contribution in [0.3, 0.4) is 0 Å². The Morgan fingerprint density at radius 3 is 2.57 bits per heavy atom. The molecular formula is C16H23N3O2. The lowest BCUT2D eigenvalue weighted by molar-refractivity contribution is -0.128. The van der Waals surface area contributed by atoms with Crippen LogP contribution in [0.4, 0.5) is 5.69 Å². The van der Waals surface area contributed by atoms with E-state index in [0.29, 0.717) is 13.0 Å². The summed E-state index contributed by atoms with van der Waals surface area (Å²) in [5.74, 6) is -0.0679. The zero-order valence-electron chi connectivity index (χ0n) is 12.7. The van der Waals surface area contributed by atoms with Crippen LogP contribution < -0.4 is 11.1 Å². The molecule has 0 unspecified atom stereocenters. The second-order valence-corrected chi connectivity index (χ2v) is 5.97. The third-order valence-corrected chi connectivity index (χ3v) is 4.10. The number of hydrogen-bond donors (Lipinski definition) is 2. The van der Waals surface area contributed by atoms with Crippen LogP contribution in [0.1, 0.15) is 38.2 Å². The monoisotopic (exact) mass is 289 g/mol. The fourth-order valence-corrected chi connectivity index (χ4v) is 2.47. The molecule has 5 nitrogen and oxygen atoms in total. The lowest BCUT2D eigenvalue weighted by Gasteiger charge is -2.37. The van der Waals surface area contributed by atoms with E-state index in [9.17, 15) is 9.59 Å². The molecule has 3 N–H and O–H groups in total. The predicted octanol–water partition coefficient (Wildman–Crippen LogP) is 1.87. The summed E-state index contributed by atoms with van der Waals surface area (Å²) in [7, 11) is 1.74. The highest BCUT2D eigenvalue weighted by Gasteiger charge is 2.34. The van der Waals surface area contributed by atoms with Crippen LogP contribution in [0.2, 0.25) is 0 Å². The number of carbonyl (C=O) groups is 2. The average Bonchev–Trinajstić information content (AvgIpc) is 2.39. The van der Waals surface area contributed by atoms with Gasteiger partial charge in [-0.15, -0.1) is 0 Å². The van der Waals surface area contributed by atoms with Gasteiger partial charge in [0.1, 0.15) is 0 Å². The topological polar surface area (TPSA) is 75.4 Å². The van der Waals surface area contributed by atoms with E-state index >= 15 is 0 Å². The highest BCUT2D eigenvalue weighted by Crippen LogP contribution is 2.32. The minimum Gasteiger partial charge on any atom is -0.342 e. The minimum absolute atomic E-state index is 0.00786. The summed E-state index contributed by atoms with van der Waals surface area (Å²) >= 11 is 0. The van der Waals surface area contributed by atoms with Gasteiger partial charge in [-0.3, -0.25) is 9.59 Å². The zero-order chi connectivity index (χ0) is 15.5. The molecule has 1 aromatic rings. The number of nitrogens with one attached hydrogen (secondary N) is 1. The van der Waals surface area contributed by atoms with Crippen molar-refractivity contribution in [1.82, 2.24) is 4.90 Å². The van der Waals surface area contributed by atoms with Crippen molar-refractivity contribution in [2.45, 2.75) is 44.7 Å². The second-order valence-electron chi connectivity index (χ2n) is 5.97. The Kier molecular flexibility index (Phi) is 4.63. The van der Waals surface area contributed by atoms with Crippen LogP contribution in [-0.4, -0.2) is 29.3 Å². The molecule has 0 bridgehead atoms. The van der Waals surface area contributed by atoms with E-state index in [2.05, 4.69) is 5.32 Å². The Bertz CT molecular complexity index is 538. The van der Waals surface area contributed by atoms with Gasteiger partial charge >= 0.3 is 0 Å². The molecule has 2 rings (SSSR count). The third-order valence-electron chi connectivity index (χ3n) is 4.10. The largest absolute Gasteiger partial charge is 0.342 e. The van der Waals surface area contributed by atoms with Gasteiger partial charge < -0.3 is 16.0 Å². The summed E-state index contributed by atoms with van der Waals surface area (Å²) in [5, 5.41) is 2.92. The minimum atomic E-state index is -0.324. The Morgan fingerprint density at radius 2 is 2.00 bits per heavy atom. The van der Waals surface area contributed by atoms with E-state index in [1.54, 1.807) is 11.9 Å². The molecule has 0 aromatic heterocycles. The Hall–Kier alpha value is -1.88. The summed E-state index contributed by atoms with van der Waals surface area (Å²) in [6.07, 6.45) is 3.28. The number of amides is 2. The van der Waals surface area contributed by atoms with Gasteiger partial charge in [0.05, 0.1) is 0 Å². The van der Waals surface area contributed by atoms with Crippen molar-refractivity contribution in [2.24, 2.45) is 5.73 Å². The first kappa shape index (κ1) is 15.5. The van der Waals surface area contributed by atoms with Crippen LogP contribution in [-0.2, 0) is 16.1 Å². The fraction of sp³-hybridized carbons (Fsp3) is 0.500. The number of nitrogens with zero attached hydrogens (tertiary/aromatic N) is 1. The number of benzene rings is 1. The van der Waals surface area contributed by atoms with Gasteiger partial charge in [-0.2, -0.15) is 0 Å². The average molecular weight is 289 g/mol. The molecular weight excluding hydrogens is 266 g/mol. The standard InChI is InChI=1S/C16H23N3O2/c1-12(20)19(2)11-13-6-3-4-7-14(13)18-15(21)10-16(17)8-5-9-16/h3-4,6-7H,5,8-11,17H2,1-2H3,(H,18,21). The molecule has 21 heavy (non-hydrogen) atoms. The van der Waals surface area contributed by atoms with Crippen LogP contribution >= 0.6 is 0 Å². The number of anilines is 1. The lowest BCUT2D eigenvalue weighted by atomic mass is 9.75. The highest BCUT2D eigenvalue weighted by molar-refractivity contribution is 5.92. The Morgan fingerprint density at radius 1 is 1.33 bits per heavy atom. The molecule has 0 aliphatic heterocycles. The van der Waals surface area contributed by atoms with Gasteiger partial charge in [0.25, 0.3) is 0 Å². The van der Waals surface area contributed by atoms with Crippen molar-refractivity contribution in [1.29, 1.82) is 0 Å². The normalized spacial score (nSPS) is 16.0. The first-order valence-corrected chi connectivity index (χ1v) is 7.28. The van der Waals surface area contributed by atoms with E-state index in [1.807, 2.05) is 24.3 Å². The van der Waals surface area contributed by atoms with E-state index in [4.69, 9.17) is 5.73 Å². The van der Waals surface area contributed by atoms with Gasteiger partial charge in [0.15, 0.2) is 0 Å². The molecule has 1 aliphatic rings. The SMILES string of the molecule is CC(=O)N(C)Cc1ccccc1NC(=O)CC1(N)CCC1. The van der Waals surface area contributed by atoms with E-state index in [1.165, 1.54) is 6.92 Å². The summed E-state index contributed by atoms with van der Waals surface area (Å²) in [5.41, 5.74) is 7.45. The molecule has 1 saturated carbocycles. The van der Waals surface area contributed by atoms with Crippen LogP contribution in [0.15, 0.2) is 24.3 Å². The number of hydrogen-bond acceptors (Lipinski definition) is 3. The molecule has 0 atom stereocenters. The molecule has 0 spiro atoms. The lowest BCUT2D eigenvalue weighted by Crippen LogP contribution is -2.49. The molecule has 0 saturated heterocycles. The number of rotatable bonds is 5. The number of carbonyl (C=O) groups excluding carboxylic acids is 2. The van der Waals surface area contributed by atoms with Gasteiger partial charge in [0, 0.05) is 38.2 Å². The quantitative estimate of drug-likeness (QED) is 0.869. The van der Waals surface area contributed by atoms with Crippen LogP contribution in [0.25, 0.3) is 0 Å². The predicted molar refractivity (Wildman–Crippen MR) is 82.6 cm³/mol. The number of nitrogens with two attached hydrogens (primary N) is 1. The van der Waals surface area contributed by atoms with E-state index in [0.717, 1.165) is 30.5 Å². The number of para-hydroxylation sites is 1. The molecule has 1 aliphatic carbocycles. The maximum atomic E-state index is 12.1. The highest BCUT2D eigenvalue weighted by atomic mass is 16.2. The summed E-state index contributed by atoms with van der Waals surface area (Å²) in [6.45, 7) is 2.00. The van der Waals surface area contributed by atoms with Gasteiger partial charge in [-0.05, 0) is 30.9 Å². The van der Waals surface area contributed by atoms with E-state index in [-0.39, 0.29) is 17.4 Å². The van der Waals surface area contributed by atoms with E-state index < -0.39 is 0 Å². The second kappa shape index (κ2) is 6.26.